The van der Waals surface area contributed by atoms with E-state index in [4.69, 9.17) is 23.7 Å². The van der Waals surface area contributed by atoms with Crippen LogP contribution in [-0.2, 0) is 42.9 Å². The third-order valence-corrected chi connectivity index (χ3v) is 5.41. The molecule has 0 unspecified atom stereocenters. The molecule has 0 fully saturated rings. The lowest BCUT2D eigenvalue weighted by molar-refractivity contribution is -0.143. The number of nitrogens with zero attached hydrogens (tertiary/aromatic N) is 2. The van der Waals surface area contributed by atoms with Crippen LogP contribution in [0.25, 0.3) is 0 Å². The second kappa shape index (κ2) is 19.8. The Hall–Kier alpha value is -4.04. The molecule has 0 saturated heterocycles. The second-order valence-corrected chi connectivity index (χ2v) is 15.0. The Balaban J connectivity index is 0. The van der Waals surface area contributed by atoms with Crippen molar-refractivity contribution in [2.75, 3.05) is 6.61 Å². The number of esters is 1. The van der Waals surface area contributed by atoms with E-state index in [0.29, 0.717) is 16.1 Å². The van der Waals surface area contributed by atoms with Crippen LogP contribution in [0.4, 0.5) is 19.2 Å². The molecule has 49 heavy (non-hydrogen) atoms. The lowest BCUT2D eigenvalue weighted by atomic mass is 10.1. The molecule has 0 heterocycles. The highest BCUT2D eigenvalue weighted by atomic mass is 16.6. The summed E-state index contributed by atoms with van der Waals surface area (Å²) in [6.45, 7) is 24.0. The number of rotatable bonds is 11. The van der Waals surface area contributed by atoms with E-state index in [2.05, 4.69) is 0 Å². The van der Waals surface area contributed by atoms with Crippen molar-refractivity contribution in [3.8, 4) is 0 Å². The standard InChI is InChI=1S/C18H31NO7.C16H27NO6/c1-9-24-14(21)11-10-13(12(2)20)19(15(22)25-17(3,4)5)16(23)26-18(6,7)8;1-11(19)12(9-8-10-18)17(13(20)22-15(2,3)4)14(21)23-16(5,6)7/h13H,9-11H2,1-8H3;10,12H,8-9H2,1-7H3/t13-;12-/m00/s1. The van der Waals surface area contributed by atoms with Gasteiger partial charge in [0.1, 0.15) is 40.8 Å². The van der Waals surface area contributed by atoms with Gasteiger partial charge >= 0.3 is 30.3 Å². The molecule has 0 radical (unpaired) electrons. The van der Waals surface area contributed by atoms with Gasteiger partial charge in [-0.1, -0.05) is 0 Å². The monoisotopic (exact) mass is 702 g/mol. The van der Waals surface area contributed by atoms with Gasteiger partial charge in [-0.05, 0) is 117 Å². The van der Waals surface area contributed by atoms with E-state index in [0.717, 1.165) is 0 Å². The molecule has 0 bridgehead atoms. The molecular weight excluding hydrogens is 644 g/mol. The number of carbonyl (C=O) groups excluding carboxylic acids is 8. The summed E-state index contributed by atoms with van der Waals surface area (Å²) in [5.41, 5.74) is -3.44. The first-order chi connectivity index (χ1) is 22.0. The zero-order chi connectivity index (χ0) is 39.1. The maximum Gasteiger partial charge on any atom is 0.420 e. The van der Waals surface area contributed by atoms with Crippen LogP contribution in [-0.4, -0.2) is 99.1 Å². The van der Waals surface area contributed by atoms with Gasteiger partial charge in [-0.15, -0.1) is 0 Å². The van der Waals surface area contributed by atoms with E-state index in [1.165, 1.54) is 13.8 Å². The Morgan fingerprint density at radius 2 is 0.837 bits per heavy atom. The Kier molecular flexibility index (Phi) is 19.1. The SMILES string of the molecule is CC(=O)[C@H](CCC=O)N(C(=O)OC(C)(C)C)C(=O)OC(C)(C)C.CCOC(=O)CC[C@@H](C(C)=O)N(C(=O)OC(C)(C)C)C(=O)OC(C)(C)C. The molecular formula is C34H58N2O13. The molecule has 0 aliphatic heterocycles. The number of imide groups is 2. The Labute approximate surface area is 290 Å². The van der Waals surface area contributed by atoms with Gasteiger partial charge in [0.25, 0.3) is 0 Å². The zero-order valence-electron chi connectivity index (χ0n) is 32.0. The maximum absolute atomic E-state index is 12.5. The average molecular weight is 703 g/mol. The van der Waals surface area contributed by atoms with Crippen LogP contribution in [0.2, 0.25) is 0 Å². The van der Waals surface area contributed by atoms with E-state index >= 15 is 0 Å². The number of hydrogen-bond donors (Lipinski definition) is 0. The van der Waals surface area contributed by atoms with Crippen molar-refractivity contribution in [3.63, 3.8) is 0 Å². The Morgan fingerprint density at radius 1 is 0.551 bits per heavy atom. The first kappa shape index (κ1) is 47.1. The van der Waals surface area contributed by atoms with Crippen molar-refractivity contribution in [1.29, 1.82) is 0 Å². The summed E-state index contributed by atoms with van der Waals surface area (Å²) < 4.78 is 25.7. The number of Topliss-reactive ketones (excluding diaryl/α,β-unsaturated/α-hetero) is 2. The number of ketones is 2. The van der Waals surface area contributed by atoms with Crippen molar-refractivity contribution in [2.24, 2.45) is 0 Å². The van der Waals surface area contributed by atoms with Crippen LogP contribution < -0.4 is 0 Å². The highest BCUT2D eigenvalue weighted by molar-refractivity contribution is 5.96. The molecule has 0 aliphatic carbocycles. The van der Waals surface area contributed by atoms with Gasteiger partial charge in [0.2, 0.25) is 0 Å². The summed E-state index contributed by atoms with van der Waals surface area (Å²) in [6, 6.07) is -2.30. The number of aldehydes is 1. The van der Waals surface area contributed by atoms with E-state index in [9.17, 15) is 38.4 Å². The predicted molar refractivity (Wildman–Crippen MR) is 179 cm³/mol. The van der Waals surface area contributed by atoms with Gasteiger partial charge in [-0.2, -0.15) is 0 Å². The zero-order valence-corrected chi connectivity index (χ0v) is 32.0. The molecule has 0 N–H and O–H groups in total. The first-order valence-corrected chi connectivity index (χ1v) is 16.1. The fourth-order valence-corrected chi connectivity index (χ4v) is 3.64. The van der Waals surface area contributed by atoms with Gasteiger partial charge in [-0.3, -0.25) is 14.4 Å². The van der Waals surface area contributed by atoms with Crippen molar-refractivity contribution in [3.05, 3.63) is 0 Å². The average Bonchev–Trinajstić information content (AvgIpc) is 2.84. The minimum Gasteiger partial charge on any atom is -0.466 e. The third-order valence-electron chi connectivity index (χ3n) is 5.41. The van der Waals surface area contributed by atoms with E-state index in [1.54, 1.807) is 90.0 Å². The van der Waals surface area contributed by atoms with Crippen LogP contribution in [0, 0.1) is 0 Å². The van der Waals surface area contributed by atoms with E-state index < -0.39 is 76.4 Å². The lowest BCUT2D eigenvalue weighted by Gasteiger charge is -2.32. The number of carbonyl (C=O) groups is 8. The summed E-state index contributed by atoms with van der Waals surface area (Å²) >= 11 is 0. The Morgan fingerprint density at radius 3 is 1.06 bits per heavy atom. The highest BCUT2D eigenvalue weighted by Crippen LogP contribution is 2.21. The topological polar surface area (TPSA) is 189 Å². The van der Waals surface area contributed by atoms with Gasteiger partial charge in [0.05, 0.1) is 6.61 Å². The molecule has 0 saturated carbocycles. The Bertz CT molecular complexity index is 1110. The van der Waals surface area contributed by atoms with Gasteiger partial charge in [-0.25, -0.2) is 29.0 Å². The molecule has 2 atom stereocenters. The molecule has 0 aliphatic rings. The first-order valence-electron chi connectivity index (χ1n) is 16.1. The number of ether oxygens (including phenoxy) is 5. The van der Waals surface area contributed by atoms with Crippen LogP contribution in [0.3, 0.4) is 0 Å². The maximum atomic E-state index is 12.5. The fourth-order valence-electron chi connectivity index (χ4n) is 3.64. The number of amides is 4. The van der Waals surface area contributed by atoms with Crippen LogP contribution >= 0.6 is 0 Å². The van der Waals surface area contributed by atoms with E-state index in [-0.39, 0.29) is 32.3 Å². The molecule has 15 nitrogen and oxygen atoms in total. The lowest BCUT2D eigenvalue weighted by Crippen LogP contribution is -2.51. The number of hydrogen-bond acceptors (Lipinski definition) is 13. The minimum atomic E-state index is -1.19. The highest BCUT2D eigenvalue weighted by Gasteiger charge is 2.40. The van der Waals surface area contributed by atoms with E-state index in [1.807, 2.05) is 0 Å². The summed E-state index contributed by atoms with van der Waals surface area (Å²) in [5.74, 6) is -1.42. The molecule has 0 aromatic rings. The van der Waals surface area contributed by atoms with Crippen molar-refractivity contribution >= 4 is 48.2 Å². The largest absolute Gasteiger partial charge is 0.466 e. The predicted octanol–water partition coefficient (Wildman–Crippen LogP) is 6.55. The summed E-state index contributed by atoms with van der Waals surface area (Å²) in [6.07, 6.45) is -3.48. The fraction of sp³-hybridized carbons (Fsp3) is 0.765. The van der Waals surface area contributed by atoms with Crippen LogP contribution in [0.15, 0.2) is 0 Å². The summed E-state index contributed by atoms with van der Waals surface area (Å²) in [4.78, 5) is 97.2. The van der Waals surface area contributed by atoms with Gasteiger partial charge < -0.3 is 28.5 Å². The quantitative estimate of drug-likeness (QED) is 0.128. The van der Waals surface area contributed by atoms with Crippen molar-refractivity contribution < 1.29 is 62.0 Å². The van der Waals surface area contributed by atoms with Crippen molar-refractivity contribution in [2.45, 2.75) is 164 Å². The minimum absolute atomic E-state index is 0.0251. The van der Waals surface area contributed by atoms with Crippen molar-refractivity contribution in [1.82, 2.24) is 9.80 Å². The van der Waals surface area contributed by atoms with Gasteiger partial charge in [0, 0.05) is 12.8 Å². The van der Waals surface area contributed by atoms with Gasteiger partial charge in [0.15, 0.2) is 11.6 Å². The summed E-state index contributed by atoms with van der Waals surface area (Å²) in [7, 11) is 0. The van der Waals surface area contributed by atoms with Crippen LogP contribution in [0.5, 0.6) is 0 Å². The molecule has 282 valence electrons. The van der Waals surface area contributed by atoms with Crippen LogP contribution in [0.1, 0.15) is 130 Å². The molecule has 0 aromatic carbocycles. The smallest absolute Gasteiger partial charge is 0.420 e. The molecule has 0 spiro atoms. The summed E-state index contributed by atoms with van der Waals surface area (Å²) in [5, 5.41) is 0. The third kappa shape index (κ3) is 21.5. The molecule has 4 amide bonds. The normalized spacial score (nSPS) is 12.9. The molecule has 0 rings (SSSR count). The molecule has 15 heteroatoms. The molecule has 0 aromatic heterocycles. The second-order valence-electron chi connectivity index (χ2n) is 15.0.